The zero-order chi connectivity index (χ0) is 32.3. The number of halogens is 2. The third-order valence-corrected chi connectivity index (χ3v) is 8.76. The topological polar surface area (TPSA) is 74.7 Å². The molecular formula is C35H40Cl2N4O4. The molecule has 2 atom stereocenters. The molecule has 1 fully saturated rings. The van der Waals surface area contributed by atoms with Gasteiger partial charge in [-0.15, -0.1) is 0 Å². The predicted octanol–water partition coefficient (Wildman–Crippen LogP) is 7.15. The minimum atomic E-state index is -0.476. The molecule has 238 valence electrons. The van der Waals surface area contributed by atoms with Gasteiger partial charge >= 0.3 is 6.03 Å². The Hall–Kier alpha value is -3.59. The Kier molecular flexibility index (Phi) is 10.1. The number of urea groups is 1. The van der Waals surface area contributed by atoms with Gasteiger partial charge in [0.25, 0.3) is 0 Å². The van der Waals surface area contributed by atoms with Gasteiger partial charge in [-0.1, -0.05) is 74.3 Å². The number of methoxy groups -OCH3 is 1. The quantitative estimate of drug-likeness (QED) is 0.272. The Labute approximate surface area is 275 Å². The third kappa shape index (κ3) is 7.13. The molecule has 0 aliphatic carbocycles. The molecule has 2 aliphatic heterocycles. The van der Waals surface area contributed by atoms with Crippen LogP contribution >= 0.6 is 23.2 Å². The molecule has 3 aromatic rings. The average molecular weight is 652 g/mol. The summed E-state index contributed by atoms with van der Waals surface area (Å²) in [5.41, 5.74) is 3.57. The van der Waals surface area contributed by atoms with Crippen molar-refractivity contribution < 1.29 is 19.1 Å². The van der Waals surface area contributed by atoms with Crippen LogP contribution in [0.15, 0.2) is 71.7 Å². The Morgan fingerprint density at radius 2 is 1.44 bits per heavy atom. The van der Waals surface area contributed by atoms with Gasteiger partial charge in [0, 0.05) is 43.3 Å². The van der Waals surface area contributed by atoms with Crippen LogP contribution < -0.4 is 4.74 Å². The molecule has 0 bridgehead atoms. The summed E-state index contributed by atoms with van der Waals surface area (Å²) in [5.74, 6) is 1.11. The van der Waals surface area contributed by atoms with Crippen molar-refractivity contribution in [2.45, 2.75) is 45.2 Å². The number of carbonyl (C=O) groups excluding carboxylic acids is 2. The van der Waals surface area contributed by atoms with Gasteiger partial charge in [0.05, 0.1) is 18.2 Å². The fourth-order valence-electron chi connectivity index (χ4n) is 5.82. The van der Waals surface area contributed by atoms with E-state index in [0.29, 0.717) is 54.4 Å². The van der Waals surface area contributed by atoms with E-state index in [1.165, 1.54) is 7.11 Å². The van der Waals surface area contributed by atoms with Crippen LogP contribution in [0.1, 0.15) is 62.0 Å². The monoisotopic (exact) mass is 650 g/mol. The molecule has 2 heterocycles. The zero-order valence-corrected chi connectivity index (χ0v) is 27.9. The number of benzene rings is 3. The lowest BCUT2D eigenvalue weighted by atomic mass is 9.86. The lowest BCUT2D eigenvalue weighted by molar-refractivity contribution is -0.136. The number of ether oxygens (including phenoxy) is 2. The molecule has 5 rings (SSSR count). The minimum absolute atomic E-state index is 0.0169. The van der Waals surface area contributed by atoms with Crippen molar-refractivity contribution in [2.75, 3.05) is 46.5 Å². The normalized spacial score (nSPS) is 18.6. The van der Waals surface area contributed by atoms with Crippen molar-refractivity contribution in [1.29, 1.82) is 0 Å². The number of rotatable bonds is 7. The first-order valence-corrected chi connectivity index (χ1v) is 16.0. The molecular weight excluding hydrogens is 611 g/mol. The Balaban J connectivity index is 1.63. The van der Waals surface area contributed by atoms with Gasteiger partial charge in [0.2, 0.25) is 5.91 Å². The van der Waals surface area contributed by atoms with Crippen LogP contribution in [0.5, 0.6) is 5.75 Å². The number of nitrogens with zero attached hydrogens (tertiary/aromatic N) is 4. The lowest BCUT2D eigenvalue weighted by Crippen LogP contribution is -2.55. The van der Waals surface area contributed by atoms with Gasteiger partial charge in [-0.3, -0.25) is 14.7 Å². The van der Waals surface area contributed by atoms with E-state index in [1.807, 2.05) is 61.5 Å². The molecule has 3 amide bonds. The van der Waals surface area contributed by atoms with Crippen molar-refractivity contribution in [2.24, 2.45) is 4.99 Å². The molecule has 10 heteroatoms. The van der Waals surface area contributed by atoms with Gasteiger partial charge < -0.3 is 19.3 Å². The van der Waals surface area contributed by atoms with Crippen molar-refractivity contribution in [1.82, 2.24) is 14.7 Å². The summed E-state index contributed by atoms with van der Waals surface area (Å²) in [6.07, 6.45) is 0. The van der Waals surface area contributed by atoms with Crippen LogP contribution in [0.2, 0.25) is 10.0 Å². The molecule has 0 N–H and O–H groups in total. The Morgan fingerprint density at radius 3 is 2.00 bits per heavy atom. The van der Waals surface area contributed by atoms with E-state index in [1.54, 1.807) is 14.7 Å². The summed E-state index contributed by atoms with van der Waals surface area (Å²) in [6, 6.07) is 20.2. The van der Waals surface area contributed by atoms with Crippen molar-refractivity contribution in [3.05, 3.63) is 99.0 Å². The molecule has 1 saturated heterocycles. The molecule has 0 unspecified atom stereocenters. The van der Waals surface area contributed by atoms with Gasteiger partial charge in [-0.2, -0.15) is 0 Å². The summed E-state index contributed by atoms with van der Waals surface area (Å²) in [6.45, 7) is 10.5. The highest BCUT2D eigenvalue weighted by Crippen LogP contribution is 2.46. The van der Waals surface area contributed by atoms with Crippen molar-refractivity contribution in [3.63, 3.8) is 0 Å². The lowest BCUT2D eigenvalue weighted by Gasteiger charge is -2.39. The number of hydrogen-bond donors (Lipinski definition) is 0. The maximum absolute atomic E-state index is 14.7. The van der Waals surface area contributed by atoms with E-state index in [4.69, 9.17) is 37.7 Å². The standard InChI is InChI=1S/C35H40Cl2N4O4/c1-6-45-29-21-25(35(2,3)4)11-16-28(29)33-38-31(23-7-12-26(36)13-8-23)32(24-9-14-27(37)15-10-24)41(33)34(43)40-19-17-39(18-20-40)30(42)22-44-5/h7-16,21,31-32H,6,17-20,22H2,1-5H3/t31-,32+/m0/s1. The number of amidine groups is 1. The zero-order valence-electron chi connectivity index (χ0n) is 26.4. The summed E-state index contributed by atoms with van der Waals surface area (Å²) in [7, 11) is 1.50. The third-order valence-electron chi connectivity index (χ3n) is 8.26. The molecule has 0 radical (unpaired) electrons. The van der Waals surface area contributed by atoms with Crippen LogP contribution in [0, 0.1) is 0 Å². The highest BCUT2D eigenvalue weighted by molar-refractivity contribution is 6.30. The SMILES string of the molecule is CCOc1cc(C(C)(C)C)ccc1C1=N[C@@H](c2ccc(Cl)cc2)[C@@H](c2ccc(Cl)cc2)N1C(=O)N1CCN(C(=O)COC)CC1. The summed E-state index contributed by atoms with van der Waals surface area (Å²) in [5, 5.41) is 1.22. The van der Waals surface area contributed by atoms with E-state index < -0.39 is 12.1 Å². The first-order valence-electron chi connectivity index (χ1n) is 15.2. The molecule has 8 nitrogen and oxygen atoms in total. The van der Waals surface area contributed by atoms with E-state index in [9.17, 15) is 9.59 Å². The Morgan fingerprint density at radius 1 is 0.867 bits per heavy atom. The second kappa shape index (κ2) is 13.8. The number of piperazine rings is 1. The van der Waals surface area contributed by atoms with Crippen LogP contribution in [0.3, 0.4) is 0 Å². The smallest absolute Gasteiger partial charge is 0.326 e. The predicted molar refractivity (Wildman–Crippen MR) is 178 cm³/mol. The average Bonchev–Trinajstić information content (AvgIpc) is 3.41. The van der Waals surface area contributed by atoms with Crippen LogP contribution in [-0.4, -0.2) is 79.0 Å². The summed E-state index contributed by atoms with van der Waals surface area (Å²) in [4.78, 5) is 37.8. The van der Waals surface area contributed by atoms with Crippen molar-refractivity contribution in [3.8, 4) is 5.75 Å². The van der Waals surface area contributed by atoms with E-state index in [-0.39, 0.29) is 24.0 Å². The van der Waals surface area contributed by atoms with E-state index in [2.05, 4.69) is 32.9 Å². The molecule has 2 aliphatic rings. The number of amides is 3. The molecule has 45 heavy (non-hydrogen) atoms. The van der Waals surface area contributed by atoms with E-state index in [0.717, 1.165) is 22.3 Å². The fourth-order valence-corrected chi connectivity index (χ4v) is 6.07. The maximum atomic E-state index is 14.7. The molecule has 0 saturated carbocycles. The van der Waals surface area contributed by atoms with Crippen molar-refractivity contribution >= 4 is 41.0 Å². The Bertz CT molecular complexity index is 1550. The first kappa shape index (κ1) is 32.8. The molecule has 0 spiro atoms. The fraction of sp³-hybridized carbons (Fsp3) is 0.400. The summed E-state index contributed by atoms with van der Waals surface area (Å²) < 4.78 is 11.3. The van der Waals surface area contributed by atoms with Crippen LogP contribution in [0.4, 0.5) is 4.79 Å². The second-order valence-corrected chi connectivity index (χ2v) is 13.2. The van der Waals surface area contributed by atoms with Gasteiger partial charge in [0.1, 0.15) is 24.2 Å². The molecule has 0 aromatic heterocycles. The van der Waals surface area contributed by atoms with E-state index >= 15 is 0 Å². The molecule has 3 aromatic carbocycles. The first-order chi connectivity index (χ1) is 21.5. The van der Waals surface area contributed by atoms with Gasteiger partial charge in [-0.25, -0.2) is 4.79 Å². The van der Waals surface area contributed by atoms with Crippen LogP contribution in [0.25, 0.3) is 0 Å². The highest BCUT2D eigenvalue weighted by atomic mass is 35.5. The largest absolute Gasteiger partial charge is 0.493 e. The number of hydrogen-bond acceptors (Lipinski definition) is 5. The number of aliphatic imine (C=N–C) groups is 1. The minimum Gasteiger partial charge on any atom is -0.493 e. The summed E-state index contributed by atoms with van der Waals surface area (Å²) >= 11 is 12.6. The van der Waals surface area contributed by atoms with Gasteiger partial charge in [0.15, 0.2) is 0 Å². The van der Waals surface area contributed by atoms with Gasteiger partial charge in [-0.05, 0) is 65.4 Å². The second-order valence-electron chi connectivity index (χ2n) is 12.3. The maximum Gasteiger partial charge on any atom is 0.326 e. The highest BCUT2D eigenvalue weighted by Gasteiger charge is 2.45. The van der Waals surface area contributed by atoms with Crippen LogP contribution in [-0.2, 0) is 14.9 Å². The number of carbonyl (C=O) groups is 2.